The third-order valence-corrected chi connectivity index (χ3v) is 4.92. The lowest BCUT2D eigenvalue weighted by molar-refractivity contribution is -0.120. The van der Waals surface area contributed by atoms with E-state index in [-0.39, 0.29) is 17.7 Å². The van der Waals surface area contributed by atoms with Gasteiger partial charge in [0.25, 0.3) is 0 Å². The minimum absolute atomic E-state index is 0.0342. The van der Waals surface area contributed by atoms with Crippen molar-refractivity contribution < 1.29 is 9.59 Å². The van der Waals surface area contributed by atoms with Crippen LogP contribution in [0.25, 0.3) is 0 Å². The van der Waals surface area contributed by atoms with Crippen molar-refractivity contribution in [2.45, 2.75) is 32.6 Å². The molecule has 0 bridgehead atoms. The molecule has 1 fully saturated rings. The van der Waals surface area contributed by atoms with Crippen LogP contribution < -0.4 is 16.0 Å². The van der Waals surface area contributed by atoms with E-state index < -0.39 is 0 Å². The Kier molecular flexibility index (Phi) is 4.16. The molecule has 2 aliphatic rings. The highest BCUT2D eigenvalue weighted by Gasteiger charge is 2.32. The van der Waals surface area contributed by atoms with E-state index in [1.54, 1.807) is 11.8 Å². The summed E-state index contributed by atoms with van der Waals surface area (Å²) in [5, 5.41) is 3.02. The molecule has 1 aliphatic heterocycles. The number of amides is 2. The van der Waals surface area contributed by atoms with Crippen molar-refractivity contribution in [2.75, 3.05) is 23.3 Å². The van der Waals surface area contributed by atoms with Gasteiger partial charge in [-0.25, -0.2) is 0 Å². The molecule has 0 saturated heterocycles. The Morgan fingerprint density at radius 2 is 2.18 bits per heavy atom. The summed E-state index contributed by atoms with van der Waals surface area (Å²) in [5.74, 6) is 0.483. The smallest absolute Gasteiger partial charge is 0.227 e. The molecule has 0 radical (unpaired) electrons. The molecule has 5 nitrogen and oxygen atoms in total. The van der Waals surface area contributed by atoms with Crippen molar-refractivity contribution in [1.82, 2.24) is 0 Å². The maximum Gasteiger partial charge on any atom is 0.227 e. The molecule has 2 amide bonds. The van der Waals surface area contributed by atoms with E-state index in [9.17, 15) is 9.59 Å². The number of nitrogens with zero attached hydrogens (tertiary/aromatic N) is 1. The minimum Gasteiger partial charge on any atom is -0.330 e. The van der Waals surface area contributed by atoms with Crippen molar-refractivity contribution in [1.29, 1.82) is 0 Å². The van der Waals surface area contributed by atoms with E-state index in [1.165, 1.54) is 0 Å². The molecular formula is C17H23N3O2. The van der Waals surface area contributed by atoms with Crippen LogP contribution in [0.4, 0.5) is 11.4 Å². The van der Waals surface area contributed by atoms with Gasteiger partial charge in [-0.15, -0.1) is 0 Å². The third-order valence-electron chi connectivity index (χ3n) is 4.92. The fraction of sp³-hybridized carbons (Fsp3) is 0.529. The average Bonchev–Trinajstić information content (AvgIpc) is 3.13. The predicted octanol–water partition coefficient (Wildman–Crippen LogP) is 1.91. The van der Waals surface area contributed by atoms with Gasteiger partial charge in [-0.2, -0.15) is 0 Å². The molecule has 1 saturated carbocycles. The van der Waals surface area contributed by atoms with Crippen LogP contribution in [0.3, 0.4) is 0 Å². The first-order valence-electron chi connectivity index (χ1n) is 8.02. The van der Waals surface area contributed by atoms with Gasteiger partial charge in [-0.05, 0) is 55.5 Å². The van der Waals surface area contributed by atoms with E-state index in [1.807, 2.05) is 18.2 Å². The Balaban J connectivity index is 1.72. The van der Waals surface area contributed by atoms with Crippen LogP contribution >= 0.6 is 0 Å². The average molecular weight is 301 g/mol. The first-order valence-corrected chi connectivity index (χ1v) is 8.02. The molecule has 2 atom stereocenters. The second-order valence-electron chi connectivity index (χ2n) is 6.29. The van der Waals surface area contributed by atoms with E-state index >= 15 is 0 Å². The lowest BCUT2D eigenvalue weighted by Crippen LogP contribution is -2.29. The standard InChI is InChI=1S/C17H23N3O2/c1-11(21)20-8-7-12-9-14(5-6-16(12)20)19-17(22)15-4-2-3-13(15)10-18/h5-6,9,13,15H,2-4,7-8,10,18H2,1H3,(H,19,22)/t13-,15-/m1/s1. The van der Waals surface area contributed by atoms with E-state index in [2.05, 4.69) is 5.32 Å². The summed E-state index contributed by atoms with van der Waals surface area (Å²) in [4.78, 5) is 25.8. The van der Waals surface area contributed by atoms with Crippen LogP contribution in [0.15, 0.2) is 18.2 Å². The Morgan fingerprint density at radius 3 is 2.91 bits per heavy atom. The summed E-state index contributed by atoms with van der Waals surface area (Å²) in [6, 6.07) is 5.79. The van der Waals surface area contributed by atoms with Gasteiger partial charge in [0.1, 0.15) is 0 Å². The molecule has 1 aliphatic carbocycles. The van der Waals surface area contributed by atoms with Gasteiger partial charge in [0.15, 0.2) is 0 Å². The summed E-state index contributed by atoms with van der Waals surface area (Å²) in [7, 11) is 0. The van der Waals surface area contributed by atoms with Crippen molar-refractivity contribution in [3.8, 4) is 0 Å². The quantitative estimate of drug-likeness (QED) is 0.895. The SMILES string of the molecule is CC(=O)N1CCc2cc(NC(=O)[C@@H]3CCC[C@@H]3CN)ccc21. The normalized spacial score (nSPS) is 23.5. The number of rotatable bonds is 3. The summed E-state index contributed by atoms with van der Waals surface area (Å²) in [6.07, 6.45) is 3.90. The molecule has 1 aromatic carbocycles. The molecule has 1 heterocycles. The Bertz CT molecular complexity index is 600. The highest BCUT2D eigenvalue weighted by Crippen LogP contribution is 2.33. The molecule has 0 spiro atoms. The van der Waals surface area contributed by atoms with Crippen molar-refractivity contribution in [3.63, 3.8) is 0 Å². The van der Waals surface area contributed by atoms with E-state index in [0.29, 0.717) is 12.5 Å². The fourth-order valence-corrected chi connectivity index (χ4v) is 3.71. The summed E-state index contributed by atoms with van der Waals surface area (Å²) in [5.41, 5.74) is 8.66. The van der Waals surface area contributed by atoms with Crippen LogP contribution in [0, 0.1) is 11.8 Å². The van der Waals surface area contributed by atoms with Gasteiger partial charge in [0, 0.05) is 30.8 Å². The Labute approximate surface area is 130 Å². The predicted molar refractivity (Wildman–Crippen MR) is 86.7 cm³/mol. The summed E-state index contributed by atoms with van der Waals surface area (Å²) < 4.78 is 0. The van der Waals surface area contributed by atoms with Crippen LogP contribution in [0.2, 0.25) is 0 Å². The number of hydrogen-bond donors (Lipinski definition) is 2. The molecular weight excluding hydrogens is 278 g/mol. The number of nitrogens with two attached hydrogens (primary N) is 1. The monoisotopic (exact) mass is 301 g/mol. The van der Waals surface area contributed by atoms with Crippen LogP contribution in [-0.4, -0.2) is 24.9 Å². The van der Waals surface area contributed by atoms with Gasteiger partial charge in [0.05, 0.1) is 0 Å². The zero-order valence-corrected chi connectivity index (χ0v) is 13.0. The van der Waals surface area contributed by atoms with E-state index in [4.69, 9.17) is 5.73 Å². The number of nitrogens with one attached hydrogen (secondary N) is 1. The fourth-order valence-electron chi connectivity index (χ4n) is 3.71. The Morgan fingerprint density at radius 1 is 1.36 bits per heavy atom. The zero-order chi connectivity index (χ0) is 15.7. The first kappa shape index (κ1) is 15.0. The highest BCUT2D eigenvalue weighted by molar-refractivity contribution is 5.96. The lowest BCUT2D eigenvalue weighted by atomic mass is 9.95. The van der Waals surface area contributed by atoms with Gasteiger partial charge < -0.3 is 16.0 Å². The van der Waals surface area contributed by atoms with Gasteiger partial charge >= 0.3 is 0 Å². The van der Waals surface area contributed by atoms with Gasteiger partial charge in [0.2, 0.25) is 11.8 Å². The molecule has 5 heteroatoms. The lowest BCUT2D eigenvalue weighted by Gasteiger charge is -2.18. The molecule has 22 heavy (non-hydrogen) atoms. The molecule has 0 unspecified atom stereocenters. The molecule has 0 aromatic heterocycles. The zero-order valence-electron chi connectivity index (χ0n) is 13.0. The topological polar surface area (TPSA) is 75.4 Å². The second kappa shape index (κ2) is 6.08. The summed E-state index contributed by atoms with van der Waals surface area (Å²) in [6.45, 7) is 2.88. The van der Waals surface area contributed by atoms with Crippen molar-refractivity contribution in [3.05, 3.63) is 23.8 Å². The number of fused-ring (bicyclic) bond motifs is 1. The van der Waals surface area contributed by atoms with Crippen LogP contribution in [0.1, 0.15) is 31.7 Å². The van der Waals surface area contributed by atoms with Crippen molar-refractivity contribution in [2.24, 2.45) is 17.6 Å². The van der Waals surface area contributed by atoms with Crippen molar-refractivity contribution >= 4 is 23.2 Å². The maximum absolute atomic E-state index is 12.4. The Hall–Kier alpha value is -1.88. The first-order chi connectivity index (χ1) is 10.6. The number of hydrogen-bond acceptors (Lipinski definition) is 3. The van der Waals surface area contributed by atoms with E-state index in [0.717, 1.165) is 49.2 Å². The minimum atomic E-state index is 0.0342. The largest absolute Gasteiger partial charge is 0.330 e. The molecule has 118 valence electrons. The molecule has 3 N–H and O–H groups in total. The van der Waals surface area contributed by atoms with Crippen LogP contribution in [-0.2, 0) is 16.0 Å². The van der Waals surface area contributed by atoms with Gasteiger partial charge in [-0.3, -0.25) is 9.59 Å². The number of carbonyl (C=O) groups excluding carboxylic acids is 2. The third kappa shape index (κ3) is 2.73. The van der Waals surface area contributed by atoms with Crippen LogP contribution in [0.5, 0.6) is 0 Å². The summed E-state index contributed by atoms with van der Waals surface area (Å²) >= 11 is 0. The molecule has 1 aromatic rings. The molecule has 3 rings (SSSR count). The highest BCUT2D eigenvalue weighted by atomic mass is 16.2. The number of anilines is 2. The number of carbonyl (C=O) groups is 2. The maximum atomic E-state index is 12.4. The number of benzene rings is 1. The second-order valence-corrected chi connectivity index (χ2v) is 6.29. The van der Waals surface area contributed by atoms with Gasteiger partial charge in [-0.1, -0.05) is 6.42 Å².